The molecule has 0 spiro atoms. The van der Waals surface area contributed by atoms with E-state index in [1.807, 2.05) is 16.7 Å². The Hall–Kier alpha value is -1.10. The van der Waals surface area contributed by atoms with Crippen LogP contribution in [-0.4, -0.2) is 109 Å². The Bertz CT molecular complexity index is 632. The molecule has 3 aliphatic rings. The molecule has 0 aromatic carbocycles. The van der Waals surface area contributed by atoms with Crippen LogP contribution in [-0.2, 0) is 9.59 Å². The molecule has 0 bridgehead atoms. The molecule has 3 aliphatic heterocycles. The molecule has 8 nitrogen and oxygen atoms in total. The van der Waals surface area contributed by atoms with Gasteiger partial charge in [0.2, 0.25) is 11.8 Å². The predicted molar refractivity (Wildman–Crippen MR) is 139 cm³/mol. The fraction of sp³-hybridized carbons (Fsp3) is 0.870. The SMILES string of the molecule is CCNC(=NCCC(=O)N1CCCC(C)C1)N1CCN(C(C)C(=O)N2CCCC2)CC1.I. The van der Waals surface area contributed by atoms with Gasteiger partial charge in [-0.15, -0.1) is 24.0 Å². The molecule has 1 N–H and O–H groups in total. The second-order valence-corrected chi connectivity index (χ2v) is 9.30. The first-order valence-corrected chi connectivity index (χ1v) is 12.3. The highest BCUT2D eigenvalue weighted by atomic mass is 127. The topological polar surface area (TPSA) is 71.5 Å². The Morgan fingerprint density at radius 1 is 0.969 bits per heavy atom. The molecule has 0 radical (unpaired) electrons. The number of guanidine groups is 1. The van der Waals surface area contributed by atoms with Crippen LogP contribution < -0.4 is 5.32 Å². The minimum atomic E-state index is -0.0515. The number of rotatable bonds is 6. The number of amides is 2. The van der Waals surface area contributed by atoms with E-state index < -0.39 is 0 Å². The zero-order chi connectivity index (χ0) is 22.2. The third-order valence-electron chi connectivity index (χ3n) is 6.87. The van der Waals surface area contributed by atoms with Gasteiger partial charge in [-0.2, -0.15) is 0 Å². The van der Waals surface area contributed by atoms with E-state index in [-0.39, 0.29) is 41.8 Å². The second kappa shape index (κ2) is 13.6. The quantitative estimate of drug-likeness (QED) is 0.304. The molecule has 9 heteroatoms. The summed E-state index contributed by atoms with van der Waals surface area (Å²) >= 11 is 0. The third-order valence-corrected chi connectivity index (χ3v) is 6.87. The number of piperidine rings is 1. The Labute approximate surface area is 211 Å². The monoisotopic (exact) mass is 562 g/mol. The highest BCUT2D eigenvalue weighted by Gasteiger charge is 2.30. The number of aliphatic imine (C=N–C) groups is 1. The molecule has 0 aromatic rings. The summed E-state index contributed by atoms with van der Waals surface area (Å²) in [7, 11) is 0. The van der Waals surface area contributed by atoms with Crippen molar-refractivity contribution in [2.75, 3.05) is 65.4 Å². The van der Waals surface area contributed by atoms with E-state index in [1.165, 1.54) is 6.42 Å². The van der Waals surface area contributed by atoms with Gasteiger partial charge in [0.25, 0.3) is 0 Å². The number of piperazine rings is 1. The molecule has 0 aromatic heterocycles. The van der Waals surface area contributed by atoms with E-state index in [9.17, 15) is 9.59 Å². The molecular weight excluding hydrogens is 519 g/mol. The highest BCUT2D eigenvalue weighted by Crippen LogP contribution is 2.16. The summed E-state index contributed by atoms with van der Waals surface area (Å²) < 4.78 is 0. The normalized spacial score (nSPS) is 23.7. The molecule has 2 amide bonds. The van der Waals surface area contributed by atoms with Crippen molar-refractivity contribution in [3.05, 3.63) is 0 Å². The van der Waals surface area contributed by atoms with E-state index in [0.717, 1.165) is 84.1 Å². The molecule has 0 aliphatic carbocycles. The lowest BCUT2D eigenvalue weighted by atomic mass is 10.00. The van der Waals surface area contributed by atoms with Crippen LogP contribution in [0.3, 0.4) is 0 Å². The maximum absolute atomic E-state index is 12.7. The molecule has 3 fully saturated rings. The number of carbonyl (C=O) groups is 2. The van der Waals surface area contributed by atoms with Crippen molar-refractivity contribution in [3.8, 4) is 0 Å². The van der Waals surface area contributed by atoms with Gasteiger partial charge >= 0.3 is 0 Å². The van der Waals surface area contributed by atoms with E-state index in [2.05, 4.69) is 29.0 Å². The number of nitrogens with one attached hydrogen (secondary N) is 1. The lowest BCUT2D eigenvalue weighted by Gasteiger charge is -2.39. The fourth-order valence-electron chi connectivity index (χ4n) is 4.94. The van der Waals surface area contributed by atoms with Crippen LogP contribution in [0.4, 0.5) is 0 Å². The minimum Gasteiger partial charge on any atom is -0.357 e. The van der Waals surface area contributed by atoms with Crippen molar-refractivity contribution in [2.24, 2.45) is 10.9 Å². The Kier molecular flexibility index (Phi) is 11.5. The average Bonchev–Trinajstić information content (AvgIpc) is 3.32. The standard InChI is InChI=1S/C23H42N6O2.HI/c1-4-24-23(25-10-9-21(30)29-13-7-8-19(2)18-29)28-16-14-26(15-17-28)20(3)22(31)27-11-5-6-12-27;/h19-20H,4-18H2,1-3H3,(H,24,25);1H. The summed E-state index contributed by atoms with van der Waals surface area (Å²) in [6.07, 6.45) is 5.08. The number of hydrogen-bond acceptors (Lipinski definition) is 4. The van der Waals surface area contributed by atoms with Crippen LogP contribution >= 0.6 is 24.0 Å². The molecule has 32 heavy (non-hydrogen) atoms. The van der Waals surface area contributed by atoms with Crippen molar-refractivity contribution in [1.82, 2.24) is 24.9 Å². The van der Waals surface area contributed by atoms with Gasteiger partial charge < -0.3 is 20.0 Å². The molecule has 3 saturated heterocycles. The summed E-state index contributed by atoms with van der Waals surface area (Å²) in [4.78, 5) is 38.6. The summed E-state index contributed by atoms with van der Waals surface area (Å²) in [5.74, 6) is 2.00. The zero-order valence-corrected chi connectivity index (χ0v) is 22.6. The van der Waals surface area contributed by atoms with E-state index in [1.54, 1.807) is 0 Å². The first kappa shape index (κ1) is 27.1. The molecule has 2 atom stereocenters. The van der Waals surface area contributed by atoms with Gasteiger partial charge in [-0.1, -0.05) is 6.92 Å². The van der Waals surface area contributed by atoms with Gasteiger partial charge in [-0.3, -0.25) is 19.5 Å². The molecule has 2 unspecified atom stereocenters. The Morgan fingerprint density at radius 2 is 1.62 bits per heavy atom. The van der Waals surface area contributed by atoms with Crippen LogP contribution in [0.2, 0.25) is 0 Å². The zero-order valence-electron chi connectivity index (χ0n) is 20.2. The maximum atomic E-state index is 12.7. The second-order valence-electron chi connectivity index (χ2n) is 9.30. The largest absolute Gasteiger partial charge is 0.357 e. The first-order chi connectivity index (χ1) is 15.0. The summed E-state index contributed by atoms with van der Waals surface area (Å²) in [5.41, 5.74) is 0. The molecule has 184 valence electrons. The van der Waals surface area contributed by atoms with E-state index >= 15 is 0 Å². The highest BCUT2D eigenvalue weighted by molar-refractivity contribution is 14.0. The number of nitrogens with zero attached hydrogens (tertiary/aromatic N) is 5. The number of hydrogen-bond donors (Lipinski definition) is 1. The molecule has 3 rings (SSSR count). The van der Waals surface area contributed by atoms with Gasteiger partial charge in [0.05, 0.1) is 12.6 Å². The fourth-order valence-corrected chi connectivity index (χ4v) is 4.94. The maximum Gasteiger partial charge on any atom is 0.239 e. The van der Waals surface area contributed by atoms with Crippen LogP contribution in [0, 0.1) is 5.92 Å². The van der Waals surface area contributed by atoms with Crippen molar-refractivity contribution in [3.63, 3.8) is 0 Å². The van der Waals surface area contributed by atoms with Crippen LogP contribution in [0.15, 0.2) is 4.99 Å². The lowest BCUT2D eigenvalue weighted by molar-refractivity contribution is -0.136. The summed E-state index contributed by atoms with van der Waals surface area (Å²) in [6.45, 7) is 14.7. The van der Waals surface area contributed by atoms with Crippen molar-refractivity contribution in [1.29, 1.82) is 0 Å². The van der Waals surface area contributed by atoms with Crippen LogP contribution in [0.1, 0.15) is 52.9 Å². The summed E-state index contributed by atoms with van der Waals surface area (Å²) in [5, 5.41) is 3.38. The van der Waals surface area contributed by atoms with Gasteiger partial charge in [0, 0.05) is 65.3 Å². The lowest BCUT2D eigenvalue weighted by Crippen LogP contribution is -2.57. The van der Waals surface area contributed by atoms with E-state index in [4.69, 9.17) is 4.99 Å². The van der Waals surface area contributed by atoms with E-state index in [0.29, 0.717) is 18.9 Å². The van der Waals surface area contributed by atoms with Crippen molar-refractivity contribution in [2.45, 2.75) is 58.9 Å². The van der Waals surface area contributed by atoms with Gasteiger partial charge in [0.15, 0.2) is 5.96 Å². The number of likely N-dealkylation sites (tertiary alicyclic amines) is 2. The first-order valence-electron chi connectivity index (χ1n) is 12.3. The minimum absolute atomic E-state index is 0. The van der Waals surface area contributed by atoms with Crippen molar-refractivity contribution < 1.29 is 9.59 Å². The van der Waals surface area contributed by atoms with Crippen LogP contribution in [0.5, 0.6) is 0 Å². The number of halogens is 1. The predicted octanol–water partition coefficient (Wildman–Crippen LogP) is 1.85. The van der Waals surface area contributed by atoms with Crippen LogP contribution in [0.25, 0.3) is 0 Å². The summed E-state index contributed by atoms with van der Waals surface area (Å²) in [6, 6.07) is -0.0515. The molecule has 3 heterocycles. The molecular formula is C23H43IN6O2. The third kappa shape index (κ3) is 7.46. The van der Waals surface area contributed by atoms with Gasteiger partial charge in [-0.25, -0.2) is 0 Å². The smallest absolute Gasteiger partial charge is 0.239 e. The Morgan fingerprint density at radius 3 is 2.25 bits per heavy atom. The number of carbonyl (C=O) groups excluding carboxylic acids is 2. The van der Waals surface area contributed by atoms with Gasteiger partial charge in [-0.05, 0) is 45.4 Å². The average molecular weight is 563 g/mol. The molecule has 0 saturated carbocycles. The van der Waals surface area contributed by atoms with Gasteiger partial charge in [0.1, 0.15) is 0 Å². The van der Waals surface area contributed by atoms with Crippen molar-refractivity contribution >= 4 is 41.8 Å². The Balaban J connectivity index is 0.00000363.